The number of nitrogens with zero attached hydrogens (tertiary/aromatic N) is 1. The predicted octanol–water partition coefficient (Wildman–Crippen LogP) is 2.73. The Morgan fingerprint density at radius 2 is 2.00 bits per heavy atom. The van der Waals surface area contributed by atoms with E-state index in [-0.39, 0.29) is 0 Å². The molecule has 0 fully saturated rings. The lowest BCUT2D eigenvalue weighted by molar-refractivity contribution is 0.508. The molecule has 2 nitrogen and oxygen atoms in total. The Kier molecular flexibility index (Phi) is 4.40. The van der Waals surface area contributed by atoms with E-state index in [1.54, 1.807) is 0 Å². The summed E-state index contributed by atoms with van der Waals surface area (Å²) in [4.78, 5) is 2.04. The molecule has 1 aromatic rings. The van der Waals surface area contributed by atoms with E-state index in [0.29, 0.717) is 0 Å². The monoisotopic (exact) mass is 208 g/mol. The van der Waals surface area contributed by atoms with E-state index in [1.165, 1.54) is 0 Å². The van der Waals surface area contributed by atoms with E-state index in [2.05, 4.69) is 12.2 Å². The predicted molar refractivity (Wildman–Crippen MR) is 65.6 cm³/mol. The van der Waals surface area contributed by atoms with Crippen LogP contribution in [0.4, 0.5) is 5.69 Å². The van der Waals surface area contributed by atoms with E-state index >= 15 is 0 Å². The van der Waals surface area contributed by atoms with Crippen molar-refractivity contribution in [2.45, 2.75) is 13.3 Å². The Morgan fingerprint density at radius 3 is 2.57 bits per heavy atom. The molecule has 0 heterocycles. The van der Waals surface area contributed by atoms with E-state index in [0.717, 1.165) is 23.8 Å². The van der Waals surface area contributed by atoms with Crippen molar-refractivity contribution in [2.24, 2.45) is 0 Å². The maximum atomic E-state index is 5.24. The first kappa shape index (κ1) is 11.0. The fraction of sp³-hybridized carbons (Fsp3) is 0.364. The summed E-state index contributed by atoms with van der Waals surface area (Å²) in [5.74, 6) is 0. The summed E-state index contributed by atoms with van der Waals surface area (Å²) in [6.45, 7) is 3.13. The van der Waals surface area contributed by atoms with Gasteiger partial charge >= 0.3 is 0 Å². The molecule has 0 amide bonds. The topological polar surface area (TPSA) is 15.3 Å². The Labute approximate surface area is 90.9 Å². The van der Waals surface area contributed by atoms with Gasteiger partial charge in [0.2, 0.25) is 0 Å². The summed E-state index contributed by atoms with van der Waals surface area (Å²) in [5.41, 5.74) is 1.04. The van der Waals surface area contributed by atoms with E-state index < -0.39 is 0 Å². The molecule has 1 rings (SSSR count). The molecule has 0 aromatic heterocycles. The first-order chi connectivity index (χ1) is 6.74. The highest BCUT2D eigenvalue weighted by atomic mass is 32.1. The average Bonchev–Trinajstić information content (AvgIpc) is 2.19. The highest BCUT2D eigenvalue weighted by molar-refractivity contribution is 7.80. The molecule has 0 aliphatic rings. The summed E-state index contributed by atoms with van der Waals surface area (Å²) in [7, 11) is 2.00. The second kappa shape index (κ2) is 5.60. The Morgan fingerprint density at radius 1 is 1.36 bits per heavy atom. The van der Waals surface area contributed by atoms with Crippen LogP contribution in [-0.2, 0) is 0 Å². The second-order valence-corrected chi connectivity index (χ2v) is 3.60. The molecule has 0 bridgehead atoms. The van der Waals surface area contributed by atoms with Gasteiger partial charge in [-0.2, -0.15) is 0 Å². The van der Waals surface area contributed by atoms with Crippen molar-refractivity contribution in [3.63, 3.8) is 0 Å². The quantitative estimate of drug-likeness (QED) is 0.769. The van der Waals surface area contributed by atoms with E-state index in [4.69, 9.17) is 12.2 Å². The molecule has 0 aliphatic carbocycles. The Hall–Kier alpha value is -1.09. The van der Waals surface area contributed by atoms with Crippen LogP contribution < -0.4 is 5.32 Å². The van der Waals surface area contributed by atoms with Crippen LogP contribution in [0.25, 0.3) is 0 Å². The van der Waals surface area contributed by atoms with Gasteiger partial charge in [0.25, 0.3) is 0 Å². The third-order valence-electron chi connectivity index (χ3n) is 1.93. The number of hydrogen-bond donors (Lipinski definition) is 1. The van der Waals surface area contributed by atoms with Crippen molar-refractivity contribution in [1.29, 1.82) is 0 Å². The first-order valence-electron chi connectivity index (χ1n) is 4.81. The molecule has 14 heavy (non-hydrogen) atoms. The second-order valence-electron chi connectivity index (χ2n) is 3.22. The number of nitrogens with one attached hydrogen (secondary N) is 1. The Bertz CT molecular complexity index is 285. The molecule has 1 N–H and O–H groups in total. The maximum absolute atomic E-state index is 5.24. The van der Waals surface area contributed by atoms with Gasteiger partial charge in [0.15, 0.2) is 5.11 Å². The number of hydrogen-bond acceptors (Lipinski definition) is 1. The summed E-state index contributed by atoms with van der Waals surface area (Å²) in [6, 6.07) is 9.98. The summed E-state index contributed by atoms with van der Waals surface area (Å²) in [6.07, 6.45) is 1.10. The molecule has 3 heteroatoms. The molecule has 0 saturated heterocycles. The highest BCUT2D eigenvalue weighted by Crippen LogP contribution is 2.06. The lowest BCUT2D eigenvalue weighted by atomic mass is 10.3. The minimum atomic E-state index is 0.776. The van der Waals surface area contributed by atoms with Crippen LogP contribution in [-0.4, -0.2) is 23.6 Å². The number of benzene rings is 1. The SMILES string of the molecule is CCCN(C)C(=S)Nc1ccccc1. The van der Waals surface area contributed by atoms with Crippen LogP contribution in [0, 0.1) is 0 Å². The lowest BCUT2D eigenvalue weighted by Gasteiger charge is -2.20. The van der Waals surface area contributed by atoms with Crippen LogP contribution in [0.2, 0.25) is 0 Å². The minimum absolute atomic E-state index is 0.776. The lowest BCUT2D eigenvalue weighted by Crippen LogP contribution is -2.31. The third kappa shape index (κ3) is 3.34. The largest absolute Gasteiger partial charge is 0.352 e. The number of thiocarbonyl (C=S) groups is 1. The fourth-order valence-corrected chi connectivity index (χ4v) is 1.39. The van der Waals surface area contributed by atoms with Gasteiger partial charge < -0.3 is 10.2 Å². The molecule has 0 spiro atoms. The molecule has 0 unspecified atom stereocenters. The van der Waals surface area contributed by atoms with Crippen molar-refractivity contribution in [2.75, 3.05) is 18.9 Å². The van der Waals surface area contributed by atoms with Crippen LogP contribution in [0.5, 0.6) is 0 Å². The van der Waals surface area contributed by atoms with Crippen LogP contribution in [0.15, 0.2) is 30.3 Å². The number of rotatable bonds is 3. The summed E-state index contributed by atoms with van der Waals surface area (Å²) >= 11 is 5.24. The molecule has 0 atom stereocenters. The van der Waals surface area contributed by atoms with Crippen molar-refractivity contribution in [3.05, 3.63) is 30.3 Å². The van der Waals surface area contributed by atoms with E-state index in [9.17, 15) is 0 Å². The van der Waals surface area contributed by atoms with Crippen LogP contribution >= 0.6 is 12.2 Å². The third-order valence-corrected chi connectivity index (χ3v) is 2.34. The maximum Gasteiger partial charge on any atom is 0.173 e. The number of para-hydroxylation sites is 1. The normalized spacial score (nSPS) is 9.57. The number of anilines is 1. The minimum Gasteiger partial charge on any atom is -0.352 e. The van der Waals surface area contributed by atoms with Crippen molar-refractivity contribution < 1.29 is 0 Å². The van der Waals surface area contributed by atoms with Gasteiger partial charge in [-0.25, -0.2) is 0 Å². The van der Waals surface area contributed by atoms with Gasteiger partial charge in [-0.3, -0.25) is 0 Å². The summed E-state index contributed by atoms with van der Waals surface area (Å²) in [5, 5.41) is 3.96. The molecule has 76 valence electrons. The van der Waals surface area contributed by atoms with Gasteiger partial charge in [0.1, 0.15) is 0 Å². The van der Waals surface area contributed by atoms with Gasteiger partial charge in [0, 0.05) is 19.3 Å². The van der Waals surface area contributed by atoms with Gasteiger partial charge in [-0.1, -0.05) is 25.1 Å². The molecule has 1 aromatic carbocycles. The average molecular weight is 208 g/mol. The standard InChI is InChI=1S/C11H16N2S/c1-3-9-13(2)11(14)12-10-7-5-4-6-8-10/h4-8H,3,9H2,1-2H3,(H,12,14). The summed E-state index contributed by atoms with van der Waals surface area (Å²) < 4.78 is 0. The molecular weight excluding hydrogens is 192 g/mol. The van der Waals surface area contributed by atoms with Crippen LogP contribution in [0.3, 0.4) is 0 Å². The van der Waals surface area contributed by atoms with Gasteiger partial charge in [0.05, 0.1) is 0 Å². The van der Waals surface area contributed by atoms with Crippen molar-refractivity contribution >= 4 is 23.0 Å². The van der Waals surface area contributed by atoms with Gasteiger partial charge in [-0.05, 0) is 30.8 Å². The zero-order chi connectivity index (χ0) is 10.4. The Balaban J connectivity index is 2.49. The van der Waals surface area contributed by atoms with Crippen molar-refractivity contribution in [3.8, 4) is 0 Å². The zero-order valence-corrected chi connectivity index (χ0v) is 9.47. The molecule has 0 radical (unpaired) electrons. The highest BCUT2D eigenvalue weighted by Gasteiger charge is 2.01. The van der Waals surface area contributed by atoms with Gasteiger partial charge in [-0.15, -0.1) is 0 Å². The van der Waals surface area contributed by atoms with Crippen molar-refractivity contribution in [1.82, 2.24) is 4.90 Å². The first-order valence-corrected chi connectivity index (χ1v) is 5.22. The van der Waals surface area contributed by atoms with E-state index in [1.807, 2.05) is 42.3 Å². The molecule has 0 saturated carbocycles. The van der Waals surface area contributed by atoms with Crippen LogP contribution in [0.1, 0.15) is 13.3 Å². The molecular formula is C11H16N2S. The zero-order valence-electron chi connectivity index (χ0n) is 8.66. The fourth-order valence-electron chi connectivity index (χ4n) is 1.18. The smallest absolute Gasteiger partial charge is 0.173 e. The molecule has 0 aliphatic heterocycles.